The zero-order valence-electron chi connectivity index (χ0n) is 32.3. The van der Waals surface area contributed by atoms with E-state index in [0.717, 1.165) is 12.2 Å². The van der Waals surface area contributed by atoms with Gasteiger partial charge >= 0.3 is 5.97 Å². The highest BCUT2D eigenvalue weighted by atomic mass is 16.6. The maximum absolute atomic E-state index is 10.9. The number of unbranched alkanes of at least 4 members (excludes halogenated alkanes) is 6. The summed E-state index contributed by atoms with van der Waals surface area (Å²) in [6.45, 7) is 12.5. The summed E-state index contributed by atoms with van der Waals surface area (Å²) in [7, 11) is 1.35. The van der Waals surface area contributed by atoms with Crippen LogP contribution >= 0.6 is 0 Å². The molecule has 13 nitrogen and oxygen atoms in total. The zero-order valence-corrected chi connectivity index (χ0v) is 32.3. The maximum atomic E-state index is 10.9. The normalized spacial score (nSPS) is 11.3. The first-order chi connectivity index (χ1) is 25.8. The third kappa shape index (κ3) is 35.1. The Labute approximate surface area is 313 Å². The Morgan fingerprint density at radius 1 is 0.423 bits per heavy atom. The van der Waals surface area contributed by atoms with Gasteiger partial charge in [0.25, 0.3) is 0 Å². The molecule has 1 aromatic rings. The third-order valence-electron chi connectivity index (χ3n) is 7.52. The highest BCUT2D eigenvalue weighted by Crippen LogP contribution is 2.15. The number of carbonyl (C=O) groups excluding carboxylic acids is 1. The molecule has 0 saturated carbocycles. The first-order valence-electron chi connectivity index (χ1n) is 19.3. The molecule has 0 saturated heterocycles. The van der Waals surface area contributed by atoms with Gasteiger partial charge in [0.1, 0.15) is 12.4 Å². The smallest absolute Gasteiger partial charge is 0.307 e. The minimum Gasteiger partial charge on any atom is -0.491 e. The second-order valence-corrected chi connectivity index (χ2v) is 11.8. The number of carbonyl (C=O) groups is 1. The van der Waals surface area contributed by atoms with Crippen LogP contribution < -0.4 is 4.74 Å². The molecule has 0 bridgehead atoms. The van der Waals surface area contributed by atoms with E-state index in [0.29, 0.717) is 139 Å². The van der Waals surface area contributed by atoms with E-state index < -0.39 is 0 Å². The summed E-state index contributed by atoms with van der Waals surface area (Å²) in [5.74, 6) is 0.599. The highest BCUT2D eigenvalue weighted by molar-refractivity contribution is 5.69. The van der Waals surface area contributed by atoms with Crippen LogP contribution in [0.3, 0.4) is 0 Å². The van der Waals surface area contributed by atoms with Gasteiger partial charge in [-0.2, -0.15) is 0 Å². The van der Waals surface area contributed by atoms with E-state index in [2.05, 4.69) is 35.9 Å². The van der Waals surface area contributed by atoms with Gasteiger partial charge in [-0.25, -0.2) is 0 Å². The zero-order chi connectivity index (χ0) is 37.3. The molecule has 0 fully saturated rings. The number of ether oxygens (including phenoxy) is 12. The number of aryl methyl sites for hydroxylation is 1. The molecule has 0 aliphatic heterocycles. The molecule has 52 heavy (non-hydrogen) atoms. The Morgan fingerprint density at radius 2 is 0.750 bits per heavy atom. The molecule has 13 heteroatoms. The SMILES string of the molecule is CCCCCCCCCc1ccc(OCCOCCOCCOCCOCCOCCOCCOCCOCCOCCOCCC(=O)OC)cc1. The lowest BCUT2D eigenvalue weighted by molar-refractivity contribution is -0.141. The number of esters is 1. The van der Waals surface area contributed by atoms with Gasteiger partial charge in [-0.15, -0.1) is 0 Å². The predicted molar refractivity (Wildman–Crippen MR) is 198 cm³/mol. The first kappa shape index (κ1) is 48.1. The number of rotatable bonds is 42. The lowest BCUT2D eigenvalue weighted by atomic mass is 10.0. The second-order valence-electron chi connectivity index (χ2n) is 11.8. The lowest BCUT2D eigenvalue weighted by Crippen LogP contribution is -2.15. The molecule has 0 radical (unpaired) electrons. The average molecular weight is 747 g/mol. The van der Waals surface area contributed by atoms with E-state index in [9.17, 15) is 4.79 Å². The van der Waals surface area contributed by atoms with Crippen molar-refractivity contribution in [1.29, 1.82) is 0 Å². The molecule has 0 unspecified atom stereocenters. The summed E-state index contributed by atoms with van der Waals surface area (Å²) in [5, 5.41) is 0. The van der Waals surface area contributed by atoms with E-state index in [1.54, 1.807) is 0 Å². The Morgan fingerprint density at radius 3 is 1.12 bits per heavy atom. The molecule has 0 spiro atoms. The minimum absolute atomic E-state index is 0.245. The largest absolute Gasteiger partial charge is 0.491 e. The molecule has 1 rings (SSSR count). The predicted octanol–water partition coefficient (Wildman–Crippen LogP) is 5.09. The van der Waals surface area contributed by atoms with Gasteiger partial charge in [0.05, 0.1) is 146 Å². The Balaban J connectivity index is 1.69. The minimum atomic E-state index is -0.284. The Kier molecular flexibility index (Phi) is 37.3. The lowest BCUT2D eigenvalue weighted by Gasteiger charge is -2.09. The van der Waals surface area contributed by atoms with Crippen LogP contribution in [0.25, 0.3) is 0 Å². The van der Waals surface area contributed by atoms with Gasteiger partial charge in [-0.1, -0.05) is 57.6 Å². The van der Waals surface area contributed by atoms with Crippen molar-refractivity contribution in [1.82, 2.24) is 0 Å². The standard InChI is InChI=1S/C39H70O13/c1-3-4-5-6-7-8-9-10-37-11-13-38(14-12-37)52-36-35-51-34-33-50-32-31-49-30-29-48-28-27-47-26-25-46-24-23-45-22-21-44-20-19-43-18-17-42-16-15-39(40)41-2/h11-14H,3-10,15-36H2,1-2H3. The van der Waals surface area contributed by atoms with Crippen molar-refractivity contribution in [2.24, 2.45) is 0 Å². The fraction of sp³-hybridized carbons (Fsp3) is 0.821. The van der Waals surface area contributed by atoms with E-state index in [1.165, 1.54) is 57.6 Å². The molecule has 1 aromatic carbocycles. The average Bonchev–Trinajstić information content (AvgIpc) is 3.16. The second kappa shape index (κ2) is 40.3. The number of benzene rings is 1. The van der Waals surface area contributed by atoms with E-state index in [-0.39, 0.29) is 12.4 Å². The van der Waals surface area contributed by atoms with Gasteiger partial charge in [0.2, 0.25) is 0 Å². The van der Waals surface area contributed by atoms with Crippen LogP contribution in [0.15, 0.2) is 24.3 Å². The molecule has 304 valence electrons. The van der Waals surface area contributed by atoms with Crippen LogP contribution in [-0.4, -0.2) is 152 Å². The summed E-state index contributed by atoms with van der Waals surface area (Å²) < 4.78 is 65.0. The van der Waals surface area contributed by atoms with Crippen molar-refractivity contribution < 1.29 is 61.6 Å². The fourth-order valence-electron chi connectivity index (χ4n) is 4.60. The van der Waals surface area contributed by atoms with E-state index in [4.69, 9.17) is 52.1 Å². The Hall–Kier alpha value is -1.91. The van der Waals surface area contributed by atoms with Gasteiger partial charge in [-0.05, 0) is 30.5 Å². The van der Waals surface area contributed by atoms with Gasteiger partial charge in [-0.3, -0.25) is 4.79 Å². The van der Waals surface area contributed by atoms with E-state index >= 15 is 0 Å². The van der Waals surface area contributed by atoms with Crippen molar-refractivity contribution in [3.63, 3.8) is 0 Å². The van der Waals surface area contributed by atoms with Gasteiger partial charge < -0.3 is 56.8 Å². The van der Waals surface area contributed by atoms with Crippen LogP contribution in [0.2, 0.25) is 0 Å². The highest BCUT2D eigenvalue weighted by Gasteiger charge is 2.01. The first-order valence-corrected chi connectivity index (χ1v) is 19.3. The third-order valence-corrected chi connectivity index (χ3v) is 7.52. The molecule has 0 atom stereocenters. The summed E-state index contributed by atoms with van der Waals surface area (Å²) in [6.07, 6.45) is 10.7. The molecular weight excluding hydrogens is 676 g/mol. The topological polar surface area (TPSA) is 128 Å². The van der Waals surface area contributed by atoms with Gasteiger partial charge in [0.15, 0.2) is 0 Å². The monoisotopic (exact) mass is 746 g/mol. The van der Waals surface area contributed by atoms with Crippen molar-refractivity contribution in [2.45, 2.75) is 64.7 Å². The molecule has 0 N–H and O–H groups in total. The van der Waals surface area contributed by atoms with Gasteiger partial charge in [0, 0.05) is 0 Å². The summed E-state index contributed by atoms with van der Waals surface area (Å²) >= 11 is 0. The van der Waals surface area contributed by atoms with Crippen molar-refractivity contribution in [3.8, 4) is 5.75 Å². The number of methoxy groups -OCH3 is 1. The molecule has 0 aromatic heterocycles. The number of hydrogen-bond donors (Lipinski definition) is 0. The van der Waals surface area contributed by atoms with Crippen molar-refractivity contribution in [3.05, 3.63) is 29.8 Å². The molecule has 0 heterocycles. The van der Waals surface area contributed by atoms with Crippen LogP contribution in [0.5, 0.6) is 5.75 Å². The molecule has 0 aliphatic carbocycles. The van der Waals surface area contributed by atoms with Crippen molar-refractivity contribution >= 4 is 5.97 Å². The molecule has 0 amide bonds. The summed E-state index contributed by atoms with van der Waals surface area (Å²) in [5.41, 5.74) is 1.38. The fourth-order valence-corrected chi connectivity index (χ4v) is 4.60. The summed E-state index contributed by atoms with van der Waals surface area (Å²) in [6, 6.07) is 8.44. The quantitative estimate of drug-likeness (QED) is 0.0652. The summed E-state index contributed by atoms with van der Waals surface area (Å²) in [4.78, 5) is 10.9. The van der Waals surface area contributed by atoms with Crippen LogP contribution in [0.1, 0.15) is 63.9 Å². The Bertz CT molecular complexity index is 859. The maximum Gasteiger partial charge on any atom is 0.307 e. The van der Waals surface area contributed by atoms with Crippen LogP contribution in [0.4, 0.5) is 0 Å². The van der Waals surface area contributed by atoms with Crippen LogP contribution in [-0.2, 0) is 63.3 Å². The number of hydrogen-bond acceptors (Lipinski definition) is 13. The van der Waals surface area contributed by atoms with Crippen molar-refractivity contribution in [2.75, 3.05) is 146 Å². The molecular formula is C39H70O13. The van der Waals surface area contributed by atoms with Crippen LogP contribution in [0, 0.1) is 0 Å². The van der Waals surface area contributed by atoms with E-state index in [1.807, 2.05) is 0 Å². The molecule has 0 aliphatic rings.